The fourth-order valence-corrected chi connectivity index (χ4v) is 5.01. The van der Waals surface area contributed by atoms with Crippen LogP contribution in [0.3, 0.4) is 0 Å². The zero-order valence-corrected chi connectivity index (χ0v) is 25.1. The van der Waals surface area contributed by atoms with E-state index in [2.05, 4.69) is 32.4 Å². The van der Waals surface area contributed by atoms with Crippen molar-refractivity contribution in [1.29, 1.82) is 0 Å². The molecule has 2 atom stereocenters. The molecule has 1 fully saturated rings. The molecule has 2 unspecified atom stereocenters. The number of ether oxygens (including phenoxy) is 1. The van der Waals surface area contributed by atoms with Gasteiger partial charge in [-0.05, 0) is 59.5 Å². The standard InChI is InChI=1S/C20H17FN4O2.C11H12FNO2.C2H6/c21-16-4-3-14-7-8-25(11-15(14)9-16)12-17-5-1-13(10-22-17)2-6-18-19(26)24-20(27)23-18;1-13-6-7-3-4-8(15-2)5-9(12)10(7)11(13)14;1-2/h1,3-5,9-10,18H,7-8,11-12H2,(H2,23,24,26,27);3-5,9H,6H2,1-2H3;1-2H3. The van der Waals surface area contributed by atoms with Gasteiger partial charge >= 0.3 is 6.03 Å². The molecule has 2 aromatic rings. The molecule has 0 spiro atoms. The number of carbonyl (C=O) groups is 3. The van der Waals surface area contributed by atoms with Crippen molar-refractivity contribution in [2.75, 3.05) is 27.2 Å². The maximum Gasteiger partial charge on any atom is 0.322 e. The van der Waals surface area contributed by atoms with Crippen LogP contribution in [0.25, 0.3) is 0 Å². The van der Waals surface area contributed by atoms with Gasteiger partial charge in [0.25, 0.3) is 11.8 Å². The molecule has 4 heterocycles. The molecule has 1 aliphatic carbocycles. The Hall–Kier alpha value is -4.82. The summed E-state index contributed by atoms with van der Waals surface area (Å²) in [7, 11) is 3.14. The molecule has 44 heavy (non-hydrogen) atoms. The number of halogens is 2. The fraction of sp³-hybridized carbons (Fsp3) is 0.333. The summed E-state index contributed by atoms with van der Waals surface area (Å²) in [5, 5.41) is 4.56. The number of pyridine rings is 1. The van der Waals surface area contributed by atoms with Gasteiger partial charge in [-0.2, -0.15) is 0 Å². The smallest absolute Gasteiger partial charge is 0.322 e. The first kappa shape index (κ1) is 32.1. The summed E-state index contributed by atoms with van der Waals surface area (Å²) >= 11 is 0. The summed E-state index contributed by atoms with van der Waals surface area (Å²) in [4.78, 5) is 42.3. The van der Waals surface area contributed by atoms with Crippen molar-refractivity contribution in [3.05, 3.63) is 99.9 Å². The Morgan fingerprint density at radius 1 is 1.09 bits per heavy atom. The number of nitrogens with zero attached hydrogens (tertiary/aromatic N) is 3. The second-order valence-corrected chi connectivity index (χ2v) is 10.2. The minimum atomic E-state index is -1.37. The zero-order chi connectivity index (χ0) is 31.8. The normalized spacial score (nSPS) is 20.4. The lowest BCUT2D eigenvalue weighted by Gasteiger charge is -2.28. The highest BCUT2D eigenvalue weighted by Gasteiger charge is 2.33. The molecule has 3 aliphatic heterocycles. The molecule has 0 saturated carbocycles. The van der Waals surface area contributed by atoms with E-state index in [0.29, 0.717) is 31.0 Å². The van der Waals surface area contributed by atoms with Crippen molar-refractivity contribution in [3.63, 3.8) is 0 Å². The SMILES string of the molecule is CC.COC1=CC(F)C2=C(C=C1)CN(C)C2=O.O=C1NC(=O)C(C#Cc2ccc(CN3CCc4ccc(F)cc4C3)nc2)N1. The van der Waals surface area contributed by atoms with Gasteiger partial charge in [-0.15, -0.1) is 0 Å². The predicted molar refractivity (Wildman–Crippen MR) is 161 cm³/mol. The number of imide groups is 1. The Kier molecular flexibility index (Phi) is 10.6. The lowest BCUT2D eigenvalue weighted by molar-refractivity contribution is -0.124. The fourth-order valence-electron chi connectivity index (χ4n) is 5.01. The molecule has 11 heteroatoms. The van der Waals surface area contributed by atoms with Crippen LogP contribution >= 0.6 is 0 Å². The first-order chi connectivity index (χ1) is 21.2. The number of allylic oxidation sites excluding steroid dienone is 2. The minimum absolute atomic E-state index is 0.205. The maximum absolute atomic E-state index is 13.8. The van der Waals surface area contributed by atoms with Crippen LogP contribution in [0.1, 0.15) is 36.2 Å². The van der Waals surface area contributed by atoms with Crippen molar-refractivity contribution in [1.82, 2.24) is 25.4 Å². The van der Waals surface area contributed by atoms with E-state index in [1.165, 1.54) is 29.7 Å². The summed E-state index contributed by atoms with van der Waals surface area (Å²) < 4.78 is 32.1. The number of likely N-dealkylation sites (N-methyl/N-ethyl adjacent to an activating group) is 1. The Balaban J connectivity index is 0.000000220. The molecule has 1 saturated heterocycles. The third kappa shape index (κ3) is 7.76. The van der Waals surface area contributed by atoms with E-state index in [9.17, 15) is 23.2 Å². The van der Waals surface area contributed by atoms with Gasteiger partial charge in [0.2, 0.25) is 0 Å². The molecule has 9 nitrogen and oxygen atoms in total. The number of amides is 4. The van der Waals surface area contributed by atoms with Crippen molar-refractivity contribution >= 4 is 17.8 Å². The molecule has 1 aromatic carbocycles. The monoisotopic (exact) mass is 603 g/mol. The maximum atomic E-state index is 13.8. The lowest BCUT2D eigenvalue weighted by atomic mass is 9.99. The Morgan fingerprint density at radius 2 is 1.89 bits per heavy atom. The second kappa shape index (κ2) is 14.6. The number of aromatic nitrogens is 1. The van der Waals surface area contributed by atoms with Crippen molar-refractivity contribution in [3.8, 4) is 11.8 Å². The number of methoxy groups -OCH3 is 1. The topological polar surface area (TPSA) is 104 Å². The van der Waals surface area contributed by atoms with Crippen LogP contribution in [0.15, 0.2) is 71.7 Å². The lowest BCUT2D eigenvalue weighted by Crippen LogP contribution is -2.30. The third-order valence-corrected chi connectivity index (χ3v) is 7.21. The van der Waals surface area contributed by atoms with Crippen LogP contribution in [0.5, 0.6) is 0 Å². The van der Waals surface area contributed by atoms with E-state index in [0.717, 1.165) is 29.8 Å². The van der Waals surface area contributed by atoms with Crippen LogP contribution in [0.2, 0.25) is 0 Å². The van der Waals surface area contributed by atoms with Gasteiger partial charge in [-0.1, -0.05) is 37.8 Å². The van der Waals surface area contributed by atoms with Crippen molar-refractivity contribution in [2.24, 2.45) is 0 Å². The van der Waals surface area contributed by atoms with Gasteiger partial charge in [-0.3, -0.25) is 24.8 Å². The molecular formula is C33H35F2N5O4. The molecule has 4 aliphatic rings. The highest BCUT2D eigenvalue weighted by atomic mass is 19.1. The number of benzene rings is 1. The highest BCUT2D eigenvalue weighted by Crippen LogP contribution is 2.28. The summed E-state index contributed by atoms with van der Waals surface area (Å²) in [6, 6.07) is 7.34. The van der Waals surface area contributed by atoms with Crippen LogP contribution in [0, 0.1) is 17.7 Å². The highest BCUT2D eigenvalue weighted by molar-refractivity contribution is 6.05. The predicted octanol–water partition coefficient (Wildman–Crippen LogP) is 3.56. The number of hydrogen-bond acceptors (Lipinski definition) is 6. The van der Waals surface area contributed by atoms with Crippen molar-refractivity contribution < 1.29 is 27.9 Å². The number of hydrogen-bond donors (Lipinski definition) is 2. The Morgan fingerprint density at radius 3 is 2.57 bits per heavy atom. The second-order valence-electron chi connectivity index (χ2n) is 10.2. The number of fused-ring (bicyclic) bond motifs is 1. The van der Waals surface area contributed by atoms with E-state index in [1.807, 2.05) is 32.0 Å². The molecule has 230 valence electrons. The van der Waals surface area contributed by atoms with Gasteiger partial charge in [0, 0.05) is 45.0 Å². The van der Waals surface area contributed by atoms with Crippen LogP contribution in [-0.4, -0.2) is 72.1 Å². The van der Waals surface area contributed by atoms with Crippen LogP contribution in [-0.2, 0) is 33.8 Å². The first-order valence-electron chi connectivity index (χ1n) is 14.3. The summed E-state index contributed by atoms with van der Waals surface area (Å²) in [6.45, 7) is 6.74. The largest absolute Gasteiger partial charge is 0.497 e. The molecule has 1 aromatic heterocycles. The third-order valence-electron chi connectivity index (χ3n) is 7.21. The van der Waals surface area contributed by atoms with Gasteiger partial charge in [0.15, 0.2) is 12.2 Å². The molecule has 2 N–H and O–H groups in total. The van der Waals surface area contributed by atoms with Gasteiger partial charge in [-0.25, -0.2) is 13.6 Å². The number of alkyl halides is 1. The molecule has 0 bridgehead atoms. The number of urea groups is 1. The van der Waals surface area contributed by atoms with Gasteiger partial charge < -0.3 is 15.0 Å². The Bertz CT molecular complexity index is 1570. The van der Waals surface area contributed by atoms with E-state index in [1.54, 1.807) is 31.5 Å². The average Bonchev–Trinajstić information content (AvgIpc) is 3.44. The summed E-state index contributed by atoms with van der Waals surface area (Å²) in [5.41, 5.74) is 4.76. The molecular weight excluding hydrogens is 568 g/mol. The van der Waals surface area contributed by atoms with E-state index in [-0.39, 0.29) is 17.3 Å². The molecule has 6 rings (SSSR count). The first-order valence-corrected chi connectivity index (χ1v) is 14.3. The van der Waals surface area contributed by atoms with Crippen LogP contribution in [0.4, 0.5) is 13.6 Å². The van der Waals surface area contributed by atoms with Gasteiger partial charge in [0.05, 0.1) is 18.4 Å². The number of rotatable bonds is 3. The minimum Gasteiger partial charge on any atom is -0.497 e. The van der Waals surface area contributed by atoms with E-state index < -0.39 is 24.2 Å². The summed E-state index contributed by atoms with van der Waals surface area (Å²) in [5.74, 6) is 5.12. The van der Waals surface area contributed by atoms with E-state index >= 15 is 0 Å². The molecule has 4 amide bonds. The van der Waals surface area contributed by atoms with Crippen molar-refractivity contribution in [2.45, 2.75) is 45.6 Å². The van der Waals surface area contributed by atoms with E-state index in [4.69, 9.17) is 4.74 Å². The zero-order valence-electron chi connectivity index (χ0n) is 25.1. The average molecular weight is 604 g/mol. The summed E-state index contributed by atoms with van der Waals surface area (Å²) in [6.07, 6.45) is 5.91. The van der Waals surface area contributed by atoms with Crippen LogP contribution < -0.4 is 10.6 Å². The number of nitrogens with one attached hydrogen (secondary N) is 2. The van der Waals surface area contributed by atoms with Gasteiger partial charge in [0.1, 0.15) is 11.6 Å². The molecule has 0 radical (unpaired) electrons. The Labute approximate surface area is 255 Å². The number of carbonyl (C=O) groups excluding carboxylic acids is 3. The quantitative estimate of drug-likeness (QED) is 0.411.